The van der Waals surface area contributed by atoms with Crippen molar-refractivity contribution in [3.05, 3.63) is 77.5 Å². The number of methoxy groups -OCH3 is 2. The number of carbonyl (C=O) groups excluding carboxylic acids is 1. The van der Waals surface area contributed by atoms with Gasteiger partial charge in [-0.2, -0.15) is 13.2 Å². The van der Waals surface area contributed by atoms with Gasteiger partial charge in [0.05, 0.1) is 31.7 Å². The second-order valence-electron chi connectivity index (χ2n) is 8.42. The zero-order valence-electron chi connectivity index (χ0n) is 20.0. The Morgan fingerprint density at radius 3 is 2.25 bits per heavy atom. The van der Waals surface area contributed by atoms with E-state index in [1.54, 1.807) is 26.4 Å². The van der Waals surface area contributed by atoms with E-state index in [1.807, 2.05) is 18.2 Å². The number of hydrogen-bond acceptors (Lipinski definition) is 6. The molecule has 0 bridgehead atoms. The number of nitrogens with one attached hydrogen (secondary N) is 1. The van der Waals surface area contributed by atoms with E-state index in [9.17, 15) is 18.0 Å². The Morgan fingerprint density at radius 1 is 0.972 bits per heavy atom. The highest BCUT2D eigenvalue weighted by molar-refractivity contribution is 6.04. The molecule has 0 radical (unpaired) electrons. The summed E-state index contributed by atoms with van der Waals surface area (Å²) in [6.45, 7) is 4.02. The summed E-state index contributed by atoms with van der Waals surface area (Å²) < 4.78 is 49.4. The van der Waals surface area contributed by atoms with Crippen molar-refractivity contribution in [2.75, 3.05) is 50.6 Å². The molecule has 1 saturated heterocycles. The number of aromatic nitrogens is 1. The molecule has 3 aromatic rings. The van der Waals surface area contributed by atoms with Crippen LogP contribution in [0.2, 0.25) is 0 Å². The van der Waals surface area contributed by atoms with Gasteiger partial charge in [-0.05, 0) is 48.0 Å². The van der Waals surface area contributed by atoms with E-state index in [1.165, 1.54) is 18.3 Å². The maximum atomic E-state index is 12.9. The lowest BCUT2D eigenvalue weighted by Crippen LogP contribution is -2.46. The van der Waals surface area contributed by atoms with E-state index in [4.69, 9.17) is 9.47 Å². The first-order valence-electron chi connectivity index (χ1n) is 11.4. The van der Waals surface area contributed by atoms with Crippen LogP contribution in [0.3, 0.4) is 0 Å². The zero-order chi connectivity index (χ0) is 25.7. The molecule has 0 unspecified atom stereocenters. The van der Waals surface area contributed by atoms with Gasteiger partial charge in [-0.15, -0.1) is 0 Å². The summed E-state index contributed by atoms with van der Waals surface area (Å²) in [4.78, 5) is 21.3. The molecule has 2 heterocycles. The maximum absolute atomic E-state index is 12.9. The Labute approximate surface area is 207 Å². The van der Waals surface area contributed by atoms with Gasteiger partial charge in [-0.25, -0.2) is 4.98 Å². The number of pyridine rings is 1. The summed E-state index contributed by atoms with van der Waals surface area (Å²) in [5.74, 6) is 1.66. The van der Waals surface area contributed by atoms with E-state index in [0.29, 0.717) is 5.69 Å². The fourth-order valence-corrected chi connectivity index (χ4v) is 4.04. The molecule has 1 aliphatic rings. The summed E-state index contributed by atoms with van der Waals surface area (Å²) in [6, 6.07) is 13.7. The first-order valence-corrected chi connectivity index (χ1v) is 11.4. The second-order valence-corrected chi connectivity index (χ2v) is 8.42. The van der Waals surface area contributed by atoms with Crippen LogP contribution in [-0.2, 0) is 12.7 Å². The van der Waals surface area contributed by atoms with Crippen LogP contribution < -0.4 is 19.7 Å². The number of rotatable bonds is 7. The van der Waals surface area contributed by atoms with Crippen LogP contribution in [0.5, 0.6) is 11.5 Å². The first kappa shape index (κ1) is 25.3. The number of amides is 1. The number of nitrogens with zero attached hydrogens (tertiary/aromatic N) is 3. The third kappa shape index (κ3) is 6.25. The fourth-order valence-electron chi connectivity index (χ4n) is 4.04. The van der Waals surface area contributed by atoms with Crippen LogP contribution in [0.4, 0.5) is 24.7 Å². The molecule has 2 aromatic carbocycles. The molecule has 1 aromatic heterocycles. The van der Waals surface area contributed by atoms with Gasteiger partial charge < -0.3 is 19.7 Å². The minimum absolute atomic E-state index is 0.0707. The Kier molecular flexibility index (Phi) is 7.64. The minimum atomic E-state index is -4.51. The van der Waals surface area contributed by atoms with Crippen LogP contribution in [0.1, 0.15) is 21.5 Å². The third-order valence-electron chi connectivity index (χ3n) is 5.97. The van der Waals surface area contributed by atoms with E-state index < -0.39 is 17.6 Å². The number of hydrogen-bond donors (Lipinski definition) is 1. The van der Waals surface area contributed by atoms with E-state index >= 15 is 0 Å². The SMILES string of the molecule is COc1cc(CN2CCN(c3ccc(NC(=O)c4cccc(C(F)(F)F)c4)cn3)CC2)cc(OC)c1. The summed E-state index contributed by atoms with van der Waals surface area (Å²) in [6.07, 6.45) is -3.00. The second kappa shape index (κ2) is 10.9. The topological polar surface area (TPSA) is 66.9 Å². The lowest BCUT2D eigenvalue weighted by atomic mass is 10.1. The molecule has 4 rings (SSSR count). The van der Waals surface area contributed by atoms with Gasteiger partial charge >= 0.3 is 6.18 Å². The molecular formula is C26H27F3N4O3. The number of carbonyl (C=O) groups is 1. The quantitative estimate of drug-likeness (QED) is 0.508. The highest BCUT2D eigenvalue weighted by atomic mass is 19.4. The molecule has 36 heavy (non-hydrogen) atoms. The summed E-state index contributed by atoms with van der Waals surface area (Å²) >= 11 is 0. The zero-order valence-corrected chi connectivity index (χ0v) is 20.0. The van der Waals surface area contributed by atoms with Crippen molar-refractivity contribution in [3.8, 4) is 11.5 Å². The van der Waals surface area contributed by atoms with Crippen molar-refractivity contribution in [2.45, 2.75) is 12.7 Å². The predicted molar refractivity (Wildman–Crippen MR) is 131 cm³/mol. The molecule has 1 fully saturated rings. The van der Waals surface area contributed by atoms with E-state index in [0.717, 1.165) is 67.7 Å². The first-order chi connectivity index (χ1) is 17.2. The Morgan fingerprint density at radius 2 is 1.67 bits per heavy atom. The van der Waals surface area contributed by atoms with Crippen molar-refractivity contribution in [1.29, 1.82) is 0 Å². The van der Waals surface area contributed by atoms with Crippen molar-refractivity contribution in [1.82, 2.24) is 9.88 Å². The number of benzene rings is 2. The average molecular weight is 501 g/mol. The smallest absolute Gasteiger partial charge is 0.416 e. The van der Waals surface area contributed by atoms with Crippen LogP contribution >= 0.6 is 0 Å². The van der Waals surface area contributed by atoms with Crippen molar-refractivity contribution in [3.63, 3.8) is 0 Å². The molecule has 190 valence electrons. The third-order valence-corrected chi connectivity index (χ3v) is 5.97. The van der Waals surface area contributed by atoms with Gasteiger partial charge in [-0.1, -0.05) is 6.07 Å². The molecule has 1 amide bonds. The normalized spacial score (nSPS) is 14.4. The Bertz CT molecular complexity index is 1170. The Balaban J connectivity index is 1.32. The monoisotopic (exact) mass is 500 g/mol. The Hall–Kier alpha value is -3.79. The molecule has 1 N–H and O–H groups in total. The number of anilines is 2. The van der Waals surface area contributed by atoms with E-state index in [2.05, 4.69) is 20.1 Å². The molecule has 7 nitrogen and oxygen atoms in total. The highest BCUT2D eigenvalue weighted by Crippen LogP contribution is 2.30. The largest absolute Gasteiger partial charge is 0.497 e. The van der Waals surface area contributed by atoms with Crippen molar-refractivity contribution >= 4 is 17.4 Å². The molecule has 0 atom stereocenters. The number of halogens is 3. The molecular weight excluding hydrogens is 473 g/mol. The van der Waals surface area contributed by atoms with Crippen molar-refractivity contribution < 1.29 is 27.4 Å². The van der Waals surface area contributed by atoms with Gasteiger partial charge in [0.15, 0.2) is 0 Å². The van der Waals surface area contributed by atoms with Crippen LogP contribution in [0, 0.1) is 0 Å². The number of alkyl halides is 3. The maximum Gasteiger partial charge on any atom is 0.416 e. The minimum Gasteiger partial charge on any atom is -0.497 e. The molecule has 1 aliphatic heterocycles. The van der Waals surface area contributed by atoms with Crippen LogP contribution in [-0.4, -0.2) is 56.2 Å². The van der Waals surface area contributed by atoms with Crippen LogP contribution in [0.15, 0.2) is 60.8 Å². The van der Waals surface area contributed by atoms with Gasteiger partial charge in [0.25, 0.3) is 5.91 Å². The summed E-state index contributed by atoms with van der Waals surface area (Å²) in [5, 5.41) is 2.60. The van der Waals surface area contributed by atoms with Gasteiger partial charge in [0, 0.05) is 44.4 Å². The van der Waals surface area contributed by atoms with Crippen LogP contribution in [0.25, 0.3) is 0 Å². The van der Waals surface area contributed by atoms with Gasteiger partial charge in [0.2, 0.25) is 0 Å². The summed E-state index contributed by atoms with van der Waals surface area (Å²) in [7, 11) is 3.26. The summed E-state index contributed by atoms with van der Waals surface area (Å²) in [5.41, 5.74) is 0.581. The van der Waals surface area contributed by atoms with E-state index in [-0.39, 0.29) is 5.56 Å². The highest BCUT2D eigenvalue weighted by Gasteiger charge is 2.31. The predicted octanol–water partition coefficient (Wildman–Crippen LogP) is 4.69. The molecule has 10 heteroatoms. The molecule has 0 saturated carbocycles. The lowest BCUT2D eigenvalue weighted by Gasteiger charge is -2.35. The number of ether oxygens (including phenoxy) is 2. The van der Waals surface area contributed by atoms with Gasteiger partial charge in [-0.3, -0.25) is 9.69 Å². The van der Waals surface area contributed by atoms with Crippen molar-refractivity contribution in [2.24, 2.45) is 0 Å². The lowest BCUT2D eigenvalue weighted by molar-refractivity contribution is -0.137. The standard InChI is InChI=1S/C26H27F3N4O3/c1-35-22-12-18(13-23(15-22)36-2)17-32-8-10-33(11-9-32)24-7-6-21(16-30-24)31-25(34)19-4-3-5-20(14-19)26(27,28)29/h3-7,12-16H,8-11,17H2,1-2H3,(H,31,34). The fraction of sp³-hybridized carbons (Fsp3) is 0.308. The molecule has 0 spiro atoms. The van der Waals surface area contributed by atoms with Gasteiger partial charge in [0.1, 0.15) is 17.3 Å². The average Bonchev–Trinajstić information content (AvgIpc) is 2.89. The molecule has 0 aliphatic carbocycles. The number of piperazine rings is 1.